The largest absolute Gasteiger partial charge is 0.369 e. The molecular formula is C15H16FNOS. The van der Waals surface area contributed by atoms with Crippen molar-refractivity contribution in [2.75, 3.05) is 11.9 Å². The first kappa shape index (κ1) is 13.7. The fourth-order valence-corrected chi connectivity index (χ4v) is 2.90. The number of halogens is 1. The van der Waals surface area contributed by atoms with Crippen LogP contribution in [-0.4, -0.2) is 19.4 Å². The maximum Gasteiger partial charge on any atom is 0.152 e. The predicted molar refractivity (Wildman–Crippen MR) is 77.7 cm³/mol. The van der Waals surface area contributed by atoms with Crippen molar-refractivity contribution in [3.05, 3.63) is 52.0 Å². The van der Waals surface area contributed by atoms with Crippen LogP contribution >= 0.6 is 11.3 Å². The molecular weight excluding hydrogens is 261 g/mol. The molecule has 2 rings (SSSR count). The summed E-state index contributed by atoms with van der Waals surface area (Å²) in [4.78, 5) is 14.1. The number of likely N-dealkylation sites (N-methyl/N-ethyl adjacent to an activating group) is 1. The molecule has 0 amide bonds. The van der Waals surface area contributed by atoms with Gasteiger partial charge in [-0.2, -0.15) is 0 Å². The Hall–Kier alpha value is -1.68. The van der Waals surface area contributed by atoms with Crippen LogP contribution in [0.2, 0.25) is 0 Å². The van der Waals surface area contributed by atoms with Crippen LogP contribution in [0.3, 0.4) is 0 Å². The number of thiophene rings is 1. The molecule has 0 N–H and O–H groups in total. The van der Waals surface area contributed by atoms with E-state index in [1.54, 1.807) is 23.5 Å². The summed E-state index contributed by atoms with van der Waals surface area (Å²) in [5, 5.41) is 2.03. The van der Waals surface area contributed by atoms with Crippen molar-refractivity contribution in [3.63, 3.8) is 0 Å². The summed E-state index contributed by atoms with van der Waals surface area (Å²) in [7, 11) is 1.82. The van der Waals surface area contributed by atoms with Gasteiger partial charge in [0, 0.05) is 30.0 Å². The maximum absolute atomic E-state index is 13.9. The standard InChI is InChI=1S/C15H16FNOS/c1-11(9-13-6-4-8-19-13)17(2)15-12(10-18)5-3-7-14(15)16/h3-8,10-11H,9H2,1-2H3. The number of para-hydroxylation sites is 1. The van der Waals surface area contributed by atoms with Crippen LogP contribution in [0, 0.1) is 5.82 Å². The number of rotatable bonds is 5. The Kier molecular flexibility index (Phi) is 4.32. The summed E-state index contributed by atoms with van der Waals surface area (Å²) in [6, 6.07) is 8.77. The highest BCUT2D eigenvalue weighted by Gasteiger charge is 2.18. The molecule has 0 fully saturated rings. The average molecular weight is 277 g/mol. The molecule has 0 aliphatic heterocycles. The van der Waals surface area contributed by atoms with Crippen molar-refractivity contribution in [1.29, 1.82) is 0 Å². The van der Waals surface area contributed by atoms with Crippen molar-refractivity contribution in [2.45, 2.75) is 19.4 Å². The Balaban J connectivity index is 2.23. The minimum absolute atomic E-state index is 0.120. The molecule has 1 atom stereocenters. The Morgan fingerprint density at radius 1 is 1.37 bits per heavy atom. The van der Waals surface area contributed by atoms with E-state index in [-0.39, 0.29) is 11.9 Å². The van der Waals surface area contributed by atoms with E-state index in [2.05, 4.69) is 6.07 Å². The van der Waals surface area contributed by atoms with E-state index in [0.29, 0.717) is 17.5 Å². The van der Waals surface area contributed by atoms with Crippen LogP contribution < -0.4 is 4.90 Å². The van der Waals surface area contributed by atoms with Crippen molar-refractivity contribution in [2.24, 2.45) is 0 Å². The molecule has 0 radical (unpaired) electrons. The first-order chi connectivity index (χ1) is 9.13. The quantitative estimate of drug-likeness (QED) is 0.775. The van der Waals surface area contributed by atoms with Gasteiger partial charge < -0.3 is 4.90 Å². The fourth-order valence-electron chi connectivity index (χ4n) is 2.08. The van der Waals surface area contributed by atoms with Gasteiger partial charge in [0.1, 0.15) is 5.82 Å². The Morgan fingerprint density at radius 3 is 2.79 bits per heavy atom. The van der Waals surface area contributed by atoms with Crippen LogP contribution in [0.5, 0.6) is 0 Å². The third-order valence-electron chi connectivity index (χ3n) is 3.24. The minimum atomic E-state index is -0.356. The van der Waals surface area contributed by atoms with E-state index in [1.165, 1.54) is 10.9 Å². The van der Waals surface area contributed by atoms with Gasteiger partial charge >= 0.3 is 0 Å². The van der Waals surface area contributed by atoms with Crippen molar-refractivity contribution < 1.29 is 9.18 Å². The second kappa shape index (κ2) is 5.97. The Labute approximate surface area is 116 Å². The van der Waals surface area contributed by atoms with Gasteiger partial charge in [0.25, 0.3) is 0 Å². The van der Waals surface area contributed by atoms with Gasteiger partial charge in [-0.3, -0.25) is 4.79 Å². The first-order valence-corrected chi connectivity index (χ1v) is 7.00. The minimum Gasteiger partial charge on any atom is -0.369 e. The zero-order chi connectivity index (χ0) is 13.8. The molecule has 0 spiro atoms. The van der Waals surface area contributed by atoms with E-state index in [1.807, 2.05) is 30.3 Å². The average Bonchev–Trinajstić information content (AvgIpc) is 2.90. The van der Waals surface area contributed by atoms with Crippen molar-refractivity contribution in [3.8, 4) is 0 Å². The SMILES string of the molecule is CC(Cc1cccs1)N(C)c1c(F)cccc1C=O. The Bertz CT molecular complexity index is 553. The van der Waals surface area contributed by atoms with Crippen LogP contribution in [0.4, 0.5) is 10.1 Å². The van der Waals surface area contributed by atoms with Crippen LogP contribution in [0.1, 0.15) is 22.2 Å². The summed E-state index contributed by atoms with van der Waals surface area (Å²) < 4.78 is 13.9. The van der Waals surface area contributed by atoms with Crippen LogP contribution in [0.25, 0.3) is 0 Å². The molecule has 1 heterocycles. The zero-order valence-corrected chi connectivity index (χ0v) is 11.8. The third-order valence-corrected chi connectivity index (χ3v) is 4.13. The lowest BCUT2D eigenvalue weighted by molar-refractivity contribution is 0.112. The molecule has 100 valence electrons. The Morgan fingerprint density at radius 2 is 2.16 bits per heavy atom. The number of aldehydes is 1. The highest BCUT2D eigenvalue weighted by atomic mass is 32.1. The van der Waals surface area contributed by atoms with Gasteiger partial charge in [0.2, 0.25) is 0 Å². The fraction of sp³-hybridized carbons (Fsp3) is 0.267. The normalized spacial score (nSPS) is 12.2. The number of carbonyl (C=O) groups excluding carboxylic acids is 1. The van der Waals surface area contributed by atoms with Gasteiger partial charge in [-0.15, -0.1) is 11.3 Å². The molecule has 0 aliphatic rings. The molecule has 1 aromatic heterocycles. The number of benzene rings is 1. The van der Waals surface area contributed by atoms with Crippen molar-refractivity contribution in [1.82, 2.24) is 0 Å². The van der Waals surface area contributed by atoms with E-state index in [0.717, 1.165) is 6.42 Å². The number of nitrogens with zero attached hydrogens (tertiary/aromatic N) is 1. The summed E-state index contributed by atoms with van der Waals surface area (Å²) in [5.41, 5.74) is 0.766. The monoisotopic (exact) mass is 277 g/mol. The van der Waals surface area contributed by atoms with E-state index < -0.39 is 0 Å². The zero-order valence-electron chi connectivity index (χ0n) is 11.0. The summed E-state index contributed by atoms with van der Waals surface area (Å²) in [6.07, 6.45) is 1.54. The van der Waals surface area contributed by atoms with Gasteiger partial charge in [-0.25, -0.2) is 4.39 Å². The molecule has 1 aromatic carbocycles. The van der Waals surface area contributed by atoms with E-state index >= 15 is 0 Å². The van der Waals surface area contributed by atoms with Crippen LogP contribution in [0.15, 0.2) is 35.7 Å². The van der Waals surface area contributed by atoms with Crippen molar-refractivity contribution >= 4 is 23.3 Å². The van der Waals surface area contributed by atoms with Gasteiger partial charge in [-0.05, 0) is 30.5 Å². The molecule has 0 saturated carbocycles. The number of anilines is 1. The molecule has 4 heteroatoms. The summed E-state index contributed by atoms with van der Waals surface area (Å²) >= 11 is 1.69. The molecule has 0 saturated heterocycles. The molecule has 2 nitrogen and oxygen atoms in total. The predicted octanol–water partition coefficient (Wildman–Crippen LogP) is 3.77. The number of carbonyl (C=O) groups is 1. The number of hydrogen-bond acceptors (Lipinski definition) is 3. The molecule has 0 bridgehead atoms. The lowest BCUT2D eigenvalue weighted by Crippen LogP contribution is -2.32. The summed E-state index contributed by atoms with van der Waals surface area (Å²) in [5.74, 6) is -0.356. The topological polar surface area (TPSA) is 20.3 Å². The summed E-state index contributed by atoms with van der Waals surface area (Å²) in [6.45, 7) is 2.03. The van der Waals surface area contributed by atoms with Gasteiger partial charge in [0.15, 0.2) is 6.29 Å². The van der Waals surface area contributed by atoms with Gasteiger partial charge in [0.05, 0.1) is 5.69 Å². The van der Waals surface area contributed by atoms with Crippen LogP contribution in [-0.2, 0) is 6.42 Å². The third kappa shape index (κ3) is 3.01. The van der Waals surface area contributed by atoms with E-state index in [4.69, 9.17) is 0 Å². The first-order valence-electron chi connectivity index (χ1n) is 6.12. The highest BCUT2D eigenvalue weighted by molar-refractivity contribution is 7.09. The van der Waals surface area contributed by atoms with Gasteiger partial charge in [-0.1, -0.05) is 12.1 Å². The lowest BCUT2D eigenvalue weighted by Gasteiger charge is -2.28. The lowest BCUT2D eigenvalue weighted by atomic mass is 10.1. The second-order valence-corrected chi connectivity index (χ2v) is 5.57. The number of hydrogen-bond donors (Lipinski definition) is 0. The smallest absolute Gasteiger partial charge is 0.152 e. The molecule has 19 heavy (non-hydrogen) atoms. The maximum atomic E-state index is 13.9. The second-order valence-electron chi connectivity index (χ2n) is 4.54. The molecule has 2 aromatic rings. The molecule has 1 unspecified atom stereocenters. The highest BCUT2D eigenvalue weighted by Crippen LogP contribution is 2.25. The molecule has 0 aliphatic carbocycles. The van der Waals surface area contributed by atoms with E-state index in [9.17, 15) is 9.18 Å².